The number of halogens is 3. The van der Waals surface area contributed by atoms with Gasteiger partial charge < -0.3 is 15.8 Å². The van der Waals surface area contributed by atoms with Gasteiger partial charge in [0.1, 0.15) is 0 Å². The Kier molecular flexibility index (Phi) is 6.71. The van der Waals surface area contributed by atoms with Gasteiger partial charge in [-0.25, -0.2) is 8.78 Å². The average molecular weight is 335 g/mol. The summed E-state index contributed by atoms with van der Waals surface area (Å²) in [7, 11) is 0. The van der Waals surface area contributed by atoms with E-state index < -0.39 is 23.1 Å². The third-order valence-corrected chi connectivity index (χ3v) is 4.11. The predicted molar refractivity (Wildman–Crippen MR) is 81.7 cm³/mol. The number of carbonyl (C=O) groups excluding carboxylic acids is 1. The van der Waals surface area contributed by atoms with Crippen molar-refractivity contribution >= 4 is 18.3 Å². The summed E-state index contributed by atoms with van der Waals surface area (Å²) in [6, 6.07) is 3.20. The van der Waals surface area contributed by atoms with Crippen molar-refractivity contribution in [1.82, 2.24) is 5.32 Å². The SMILES string of the molecule is CC(NC(=O)C1(CN)CCOCC1)c1ccc(F)c(F)c1.Cl. The third kappa shape index (κ3) is 3.94. The van der Waals surface area contributed by atoms with Crippen LogP contribution in [0.1, 0.15) is 31.4 Å². The number of nitrogens with one attached hydrogen (secondary N) is 1. The summed E-state index contributed by atoms with van der Waals surface area (Å²) < 4.78 is 31.5. The van der Waals surface area contributed by atoms with Gasteiger partial charge in [-0.2, -0.15) is 0 Å². The van der Waals surface area contributed by atoms with Gasteiger partial charge in [0, 0.05) is 19.8 Å². The van der Waals surface area contributed by atoms with Crippen molar-refractivity contribution in [2.24, 2.45) is 11.1 Å². The lowest BCUT2D eigenvalue weighted by molar-refractivity contribution is -0.136. The second-order valence-corrected chi connectivity index (χ2v) is 5.47. The zero-order chi connectivity index (χ0) is 15.5. The van der Waals surface area contributed by atoms with E-state index in [2.05, 4.69) is 5.32 Å². The van der Waals surface area contributed by atoms with Crippen molar-refractivity contribution in [1.29, 1.82) is 0 Å². The van der Waals surface area contributed by atoms with Crippen molar-refractivity contribution in [3.8, 4) is 0 Å². The number of hydrogen-bond acceptors (Lipinski definition) is 3. The van der Waals surface area contributed by atoms with E-state index >= 15 is 0 Å². The van der Waals surface area contributed by atoms with Gasteiger partial charge in [0.2, 0.25) is 5.91 Å². The van der Waals surface area contributed by atoms with Gasteiger partial charge >= 0.3 is 0 Å². The molecule has 1 heterocycles. The monoisotopic (exact) mass is 334 g/mol. The maximum atomic E-state index is 13.2. The van der Waals surface area contributed by atoms with E-state index in [1.54, 1.807) is 6.92 Å². The molecule has 22 heavy (non-hydrogen) atoms. The molecule has 1 atom stereocenters. The zero-order valence-electron chi connectivity index (χ0n) is 12.4. The molecule has 1 fully saturated rings. The van der Waals surface area contributed by atoms with Crippen LogP contribution in [0.5, 0.6) is 0 Å². The lowest BCUT2D eigenvalue weighted by atomic mass is 9.79. The van der Waals surface area contributed by atoms with Crippen LogP contribution in [0.3, 0.4) is 0 Å². The first-order valence-electron chi connectivity index (χ1n) is 7.02. The van der Waals surface area contributed by atoms with E-state index in [0.717, 1.165) is 12.1 Å². The highest BCUT2D eigenvalue weighted by Crippen LogP contribution is 2.30. The lowest BCUT2D eigenvalue weighted by Gasteiger charge is -2.35. The van der Waals surface area contributed by atoms with Crippen LogP contribution in [0.25, 0.3) is 0 Å². The fraction of sp³-hybridized carbons (Fsp3) is 0.533. The van der Waals surface area contributed by atoms with Crippen LogP contribution in [-0.2, 0) is 9.53 Å². The quantitative estimate of drug-likeness (QED) is 0.888. The highest BCUT2D eigenvalue weighted by atomic mass is 35.5. The minimum absolute atomic E-state index is 0. The van der Waals surface area contributed by atoms with E-state index in [1.807, 2.05) is 0 Å². The minimum Gasteiger partial charge on any atom is -0.381 e. The van der Waals surface area contributed by atoms with Crippen molar-refractivity contribution in [3.63, 3.8) is 0 Å². The van der Waals surface area contributed by atoms with Crippen molar-refractivity contribution < 1.29 is 18.3 Å². The maximum Gasteiger partial charge on any atom is 0.228 e. The molecule has 4 nitrogen and oxygen atoms in total. The van der Waals surface area contributed by atoms with E-state index in [0.29, 0.717) is 31.6 Å². The number of hydrogen-bond donors (Lipinski definition) is 2. The van der Waals surface area contributed by atoms with Crippen molar-refractivity contribution in [3.05, 3.63) is 35.4 Å². The van der Waals surface area contributed by atoms with E-state index in [-0.39, 0.29) is 24.9 Å². The molecule has 0 aromatic heterocycles. The first-order chi connectivity index (χ1) is 9.98. The molecule has 1 aromatic rings. The molecule has 1 aromatic carbocycles. The average Bonchev–Trinajstić information content (AvgIpc) is 2.50. The molecule has 1 saturated heterocycles. The molecule has 1 aliphatic heterocycles. The first-order valence-corrected chi connectivity index (χ1v) is 7.02. The molecule has 124 valence electrons. The standard InChI is InChI=1S/C15H20F2N2O2.ClH/c1-10(11-2-3-12(16)13(17)8-11)19-14(20)15(9-18)4-6-21-7-5-15;/h2-3,8,10H,4-7,9,18H2,1H3,(H,19,20);1H. The van der Waals surface area contributed by atoms with E-state index in [4.69, 9.17) is 10.5 Å². The van der Waals surface area contributed by atoms with Gasteiger partial charge in [-0.15, -0.1) is 12.4 Å². The van der Waals surface area contributed by atoms with Gasteiger partial charge in [0.05, 0.1) is 11.5 Å². The number of ether oxygens (including phenoxy) is 1. The zero-order valence-corrected chi connectivity index (χ0v) is 13.2. The summed E-state index contributed by atoms with van der Waals surface area (Å²) in [5.41, 5.74) is 5.65. The molecule has 2 rings (SSSR count). The number of amides is 1. The van der Waals surface area contributed by atoms with Gasteiger partial charge in [-0.05, 0) is 37.5 Å². The number of rotatable bonds is 4. The van der Waals surface area contributed by atoms with Crippen molar-refractivity contribution in [2.75, 3.05) is 19.8 Å². The fourth-order valence-corrected chi connectivity index (χ4v) is 2.50. The Labute approximate surface area is 134 Å². The fourth-order valence-electron chi connectivity index (χ4n) is 2.50. The van der Waals surface area contributed by atoms with E-state index in [9.17, 15) is 13.6 Å². The second-order valence-electron chi connectivity index (χ2n) is 5.47. The molecular weight excluding hydrogens is 314 g/mol. The molecule has 0 radical (unpaired) electrons. The summed E-state index contributed by atoms with van der Waals surface area (Å²) in [5, 5.41) is 2.84. The first kappa shape index (κ1) is 18.8. The normalized spacial score (nSPS) is 18.2. The summed E-state index contributed by atoms with van der Waals surface area (Å²) in [6.45, 7) is 2.98. The molecule has 0 spiro atoms. The molecule has 0 bridgehead atoms. The third-order valence-electron chi connectivity index (χ3n) is 4.11. The van der Waals surface area contributed by atoms with Crippen LogP contribution in [0.4, 0.5) is 8.78 Å². The molecule has 1 amide bonds. The highest BCUT2D eigenvalue weighted by Gasteiger charge is 2.39. The second kappa shape index (κ2) is 7.85. The van der Waals surface area contributed by atoms with Gasteiger partial charge in [0.15, 0.2) is 11.6 Å². The summed E-state index contributed by atoms with van der Waals surface area (Å²) in [6.07, 6.45) is 1.14. The molecule has 1 unspecified atom stereocenters. The summed E-state index contributed by atoms with van der Waals surface area (Å²) in [4.78, 5) is 12.5. The van der Waals surface area contributed by atoms with Crippen LogP contribution < -0.4 is 11.1 Å². The Bertz CT molecular complexity index is 522. The van der Waals surface area contributed by atoms with Gasteiger partial charge in [-0.3, -0.25) is 4.79 Å². The summed E-state index contributed by atoms with van der Waals surface area (Å²) in [5.74, 6) is -1.99. The topological polar surface area (TPSA) is 64.4 Å². The van der Waals surface area contributed by atoms with Crippen LogP contribution >= 0.6 is 12.4 Å². The van der Waals surface area contributed by atoms with Crippen LogP contribution in [0.15, 0.2) is 18.2 Å². The molecule has 0 saturated carbocycles. The largest absolute Gasteiger partial charge is 0.381 e. The summed E-state index contributed by atoms with van der Waals surface area (Å²) >= 11 is 0. The molecule has 0 aliphatic carbocycles. The number of nitrogens with two attached hydrogens (primary N) is 1. The Morgan fingerprint density at radius 2 is 2.00 bits per heavy atom. The predicted octanol–water partition coefficient (Wildman–Crippen LogP) is 2.32. The maximum absolute atomic E-state index is 13.2. The molecule has 1 aliphatic rings. The molecule has 7 heteroatoms. The van der Waals surface area contributed by atoms with Crippen molar-refractivity contribution in [2.45, 2.75) is 25.8 Å². The van der Waals surface area contributed by atoms with E-state index in [1.165, 1.54) is 6.07 Å². The Hall–Kier alpha value is -1.24. The Morgan fingerprint density at radius 1 is 1.36 bits per heavy atom. The van der Waals surface area contributed by atoms with Gasteiger partial charge in [-0.1, -0.05) is 6.07 Å². The smallest absolute Gasteiger partial charge is 0.228 e. The number of carbonyl (C=O) groups is 1. The minimum atomic E-state index is -0.923. The van der Waals surface area contributed by atoms with Gasteiger partial charge in [0.25, 0.3) is 0 Å². The van der Waals surface area contributed by atoms with Crippen LogP contribution in [-0.4, -0.2) is 25.7 Å². The molecular formula is C15H21ClF2N2O2. The number of benzene rings is 1. The highest BCUT2D eigenvalue weighted by molar-refractivity contribution is 5.85. The Balaban J connectivity index is 0.00000242. The lowest BCUT2D eigenvalue weighted by Crippen LogP contribution is -2.49. The van der Waals surface area contributed by atoms with Crippen LogP contribution in [0, 0.1) is 17.0 Å². The Morgan fingerprint density at radius 3 is 2.55 bits per heavy atom. The van der Waals surface area contributed by atoms with Crippen LogP contribution in [0.2, 0.25) is 0 Å². The molecule has 3 N–H and O–H groups in total.